The molecule has 1 aromatic carbocycles. The zero-order valence-corrected chi connectivity index (χ0v) is 14.8. The number of nitrogens with one attached hydrogen (secondary N) is 1. The number of carbonyl (C=O) groups excluding carboxylic acids is 1. The second-order valence-electron chi connectivity index (χ2n) is 5.85. The van der Waals surface area contributed by atoms with Crippen molar-refractivity contribution in [2.24, 2.45) is 0 Å². The van der Waals surface area contributed by atoms with Gasteiger partial charge in [-0.05, 0) is 43.0 Å². The van der Waals surface area contributed by atoms with Crippen LogP contribution in [0.2, 0.25) is 5.02 Å². The van der Waals surface area contributed by atoms with Gasteiger partial charge in [-0.15, -0.1) is 0 Å². The molecule has 0 saturated heterocycles. The molecule has 0 atom stereocenters. The minimum atomic E-state index is -1.04. The third kappa shape index (κ3) is 3.70. The first-order chi connectivity index (χ1) is 12.5. The van der Waals surface area contributed by atoms with Crippen molar-refractivity contribution in [1.29, 1.82) is 0 Å². The number of carbonyl (C=O) groups is 2. The number of benzene rings is 1. The van der Waals surface area contributed by atoms with Gasteiger partial charge in [-0.25, -0.2) is 9.78 Å². The molecule has 26 heavy (non-hydrogen) atoms. The fourth-order valence-corrected chi connectivity index (χ4v) is 3.12. The third-order valence-electron chi connectivity index (χ3n) is 4.25. The fourth-order valence-electron chi connectivity index (χ4n) is 2.90. The molecule has 0 unspecified atom stereocenters. The number of hydrogen-bond acceptors (Lipinski definition) is 4. The van der Waals surface area contributed by atoms with Crippen molar-refractivity contribution < 1.29 is 19.4 Å². The Kier molecular flexibility index (Phi) is 5.23. The summed E-state index contributed by atoms with van der Waals surface area (Å²) in [7, 11) is 1.55. The Labute approximate surface area is 155 Å². The van der Waals surface area contributed by atoms with E-state index in [-0.39, 0.29) is 5.57 Å². The van der Waals surface area contributed by atoms with Crippen LogP contribution in [0.5, 0.6) is 5.88 Å². The molecule has 6 nitrogen and oxygen atoms in total. The summed E-state index contributed by atoms with van der Waals surface area (Å²) in [6, 6.07) is 8.83. The van der Waals surface area contributed by atoms with Crippen LogP contribution in [0.3, 0.4) is 0 Å². The third-order valence-corrected chi connectivity index (χ3v) is 4.56. The zero-order valence-electron chi connectivity index (χ0n) is 14.1. The summed E-state index contributed by atoms with van der Waals surface area (Å²) in [5, 5.41) is 12.2. The number of anilines is 1. The van der Waals surface area contributed by atoms with Crippen molar-refractivity contribution in [3.63, 3.8) is 0 Å². The van der Waals surface area contributed by atoms with Crippen molar-refractivity contribution in [3.05, 3.63) is 52.7 Å². The van der Waals surface area contributed by atoms with Crippen molar-refractivity contribution in [2.75, 3.05) is 12.4 Å². The lowest BCUT2D eigenvalue weighted by Crippen LogP contribution is -2.16. The van der Waals surface area contributed by atoms with Gasteiger partial charge in [0.1, 0.15) is 0 Å². The molecule has 1 aromatic heterocycles. The maximum absolute atomic E-state index is 12.4. The van der Waals surface area contributed by atoms with Gasteiger partial charge in [-0.3, -0.25) is 4.79 Å². The van der Waals surface area contributed by atoms with E-state index in [2.05, 4.69) is 10.3 Å². The van der Waals surface area contributed by atoms with Crippen molar-refractivity contribution >= 4 is 29.2 Å². The van der Waals surface area contributed by atoms with Crippen LogP contribution < -0.4 is 10.1 Å². The normalized spacial score (nSPS) is 13.6. The van der Waals surface area contributed by atoms with Gasteiger partial charge in [0.2, 0.25) is 5.88 Å². The van der Waals surface area contributed by atoms with E-state index in [1.807, 2.05) is 12.1 Å². The topological polar surface area (TPSA) is 88.5 Å². The Bertz CT molecular complexity index is 891. The van der Waals surface area contributed by atoms with Gasteiger partial charge < -0.3 is 15.2 Å². The highest BCUT2D eigenvalue weighted by Gasteiger charge is 2.25. The van der Waals surface area contributed by atoms with Crippen molar-refractivity contribution in [1.82, 2.24) is 4.98 Å². The molecular formula is C19H17ClN2O4. The van der Waals surface area contributed by atoms with Crippen LogP contribution in [-0.2, 0) is 9.59 Å². The molecule has 0 fully saturated rings. The number of carboxylic acids is 1. The van der Waals surface area contributed by atoms with E-state index < -0.39 is 11.9 Å². The molecule has 2 N–H and O–H groups in total. The number of pyridine rings is 1. The number of amides is 1. The number of carboxylic acid groups (broad SMARTS) is 1. The Morgan fingerprint density at radius 2 is 1.88 bits per heavy atom. The van der Waals surface area contributed by atoms with Gasteiger partial charge in [0.15, 0.2) is 0 Å². The van der Waals surface area contributed by atoms with E-state index in [1.165, 1.54) is 0 Å². The number of methoxy groups -OCH3 is 1. The van der Waals surface area contributed by atoms with Crippen molar-refractivity contribution in [2.45, 2.75) is 19.3 Å². The standard InChI is InChI=1S/C19H17ClN2O4/c1-26-17-8-6-12(10-21-17)11-5-7-16(15(20)9-11)22-18(23)13-3-2-4-14(13)19(24)25/h5-10H,2-4H2,1H3,(H,22,23)(H,24,25). The highest BCUT2D eigenvalue weighted by atomic mass is 35.5. The number of rotatable bonds is 5. The summed E-state index contributed by atoms with van der Waals surface area (Å²) in [5.41, 5.74) is 2.63. The van der Waals surface area contributed by atoms with Crippen LogP contribution in [0.25, 0.3) is 11.1 Å². The van der Waals surface area contributed by atoms with E-state index in [0.717, 1.165) is 11.1 Å². The number of hydrogen-bond donors (Lipinski definition) is 2. The summed E-state index contributed by atoms with van der Waals surface area (Å²) in [4.78, 5) is 27.8. The summed E-state index contributed by atoms with van der Waals surface area (Å²) >= 11 is 6.30. The quantitative estimate of drug-likeness (QED) is 0.830. The summed E-state index contributed by atoms with van der Waals surface area (Å²) in [5.74, 6) is -0.940. The lowest BCUT2D eigenvalue weighted by Gasteiger charge is -2.10. The molecule has 1 aliphatic carbocycles. The van der Waals surface area contributed by atoms with Crippen LogP contribution in [0.15, 0.2) is 47.7 Å². The average Bonchev–Trinajstić information content (AvgIpc) is 3.14. The molecule has 0 saturated carbocycles. The monoisotopic (exact) mass is 372 g/mol. The molecule has 1 aliphatic rings. The molecule has 1 heterocycles. The minimum absolute atomic E-state index is 0.180. The molecular weight excluding hydrogens is 356 g/mol. The predicted molar refractivity (Wildman–Crippen MR) is 98.4 cm³/mol. The van der Waals surface area contributed by atoms with Gasteiger partial charge in [-0.2, -0.15) is 0 Å². The number of halogens is 1. The Balaban J connectivity index is 1.80. The predicted octanol–water partition coefficient (Wildman–Crippen LogP) is 3.91. The molecule has 0 bridgehead atoms. The van der Waals surface area contributed by atoms with Crippen LogP contribution in [0.4, 0.5) is 5.69 Å². The van der Waals surface area contributed by atoms with E-state index in [9.17, 15) is 14.7 Å². The molecule has 0 aliphatic heterocycles. The average molecular weight is 373 g/mol. The molecule has 0 spiro atoms. The molecule has 134 valence electrons. The van der Waals surface area contributed by atoms with E-state index in [0.29, 0.717) is 41.4 Å². The maximum atomic E-state index is 12.4. The fraction of sp³-hybridized carbons (Fsp3) is 0.211. The SMILES string of the molecule is COc1ccc(-c2ccc(NC(=O)C3=C(C(=O)O)CCC3)c(Cl)c2)cn1. The molecule has 0 radical (unpaired) electrons. The second-order valence-corrected chi connectivity index (χ2v) is 6.26. The highest BCUT2D eigenvalue weighted by molar-refractivity contribution is 6.34. The second kappa shape index (κ2) is 7.58. The van der Waals surface area contributed by atoms with Gasteiger partial charge in [0.25, 0.3) is 5.91 Å². The number of aliphatic carboxylic acids is 1. The van der Waals surface area contributed by atoms with Crippen LogP contribution >= 0.6 is 11.6 Å². The summed E-state index contributed by atoms with van der Waals surface area (Å²) in [6.07, 6.45) is 3.21. The molecule has 1 amide bonds. The maximum Gasteiger partial charge on any atom is 0.332 e. The van der Waals surface area contributed by atoms with Crippen LogP contribution in [0.1, 0.15) is 19.3 Å². The Hall–Kier alpha value is -2.86. The zero-order chi connectivity index (χ0) is 18.7. The first-order valence-corrected chi connectivity index (χ1v) is 8.44. The van der Waals surface area contributed by atoms with E-state index in [4.69, 9.17) is 16.3 Å². The first kappa shape index (κ1) is 17.9. The Morgan fingerprint density at radius 1 is 1.15 bits per heavy atom. The van der Waals surface area contributed by atoms with E-state index >= 15 is 0 Å². The van der Waals surface area contributed by atoms with Crippen molar-refractivity contribution in [3.8, 4) is 17.0 Å². The Morgan fingerprint density at radius 3 is 2.50 bits per heavy atom. The molecule has 7 heteroatoms. The van der Waals surface area contributed by atoms with E-state index in [1.54, 1.807) is 31.5 Å². The largest absolute Gasteiger partial charge is 0.481 e. The molecule has 2 aromatic rings. The lowest BCUT2D eigenvalue weighted by atomic mass is 10.1. The number of ether oxygens (including phenoxy) is 1. The van der Waals surface area contributed by atoms with Crippen LogP contribution in [-0.4, -0.2) is 29.1 Å². The number of aromatic nitrogens is 1. The minimum Gasteiger partial charge on any atom is -0.481 e. The van der Waals surface area contributed by atoms with Gasteiger partial charge in [0, 0.05) is 29.0 Å². The summed E-state index contributed by atoms with van der Waals surface area (Å²) < 4.78 is 5.04. The molecule has 3 rings (SSSR count). The smallest absolute Gasteiger partial charge is 0.332 e. The van der Waals surface area contributed by atoms with Crippen LogP contribution in [0, 0.1) is 0 Å². The van der Waals surface area contributed by atoms with Gasteiger partial charge in [-0.1, -0.05) is 17.7 Å². The van der Waals surface area contributed by atoms with Gasteiger partial charge >= 0.3 is 5.97 Å². The van der Waals surface area contributed by atoms with Gasteiger partial charge in [0.05, 0.1) is 17.8 Å². The highest BCUT2D eigenvalue weighted by Crippen LogP contribution is 2.31. The number of nitrogens with zero attached hydrogens (tertiary/aromatic N) is 1. The summed E-state index contributed by atoms with van der Waals surface area (Å²) in [6.45, 7) is 0. The first-order valence-electron chi connectivity index (χ1n) is 8.06. The lowest BCUT2D eigenvalue weighted by molar-refractivity contribution is -0.133.